The first kappa shape index (κ1) is 22.7. The number of rotatable bonds is 6. The van der Waals surface area contributed by atoms with Crippen LogP contribution in [-0.2, 0) is 24.8 Å². The number of hydrogen-bond donors (Lipinski definition) is 3. The second-order valence-corrected chi connectivity index (χ2v) is 8.79. The highest BCUT2D eigenvalue weighted by molar-refractivity contribution is 5.86. The number of aromatic nitrogens is 3. The minimum absolute atomic E-state index is 0.179. The lowest BCUT2D eigenvalue weighted by Crippen LogP contribution is -2.43. The maximum Gasteiger partial charge on any atom is 0.333 e. The van der Waals surface area contributed by atoms with Gasteiger partial charge in [-0.25, -0.2) is 4.79 Å². The van der Waals surface area contributed by atoms with Crippen LogP contribution < -0.4 is 21.3 Å². The number of ether oxygens (including phenoxy) is 2. The number of nitrogens with zero attached hydrogens (tertiary/aromatic N) is 3. The maximum absolute atomic E-state index is 13.1. The van der Waals surface area contributed by atoms with Gasteiger partial charge in [0, 0.05) is 56.4 Å². The van der Waals surface area contributed by atoms with E-state index in [9.17, 15) is 14.7 Å². The van der Waals surface area contributed by atoms with Gasteiger partial charge in [-0.1, -0.05) is 0 Å². The van der Waals surface area contributed by atoms with Gasteiger partial charge in [0.2, 0.25) is 5.88 Å². The summed E-state index contributed by atoms with van der Waals surface area (Å²) >= 11 is 0. The summed E-state index contributed by atoms with van der Waals surface area (Å²) in [6.07, 6.45) is 0.775. The van der Waals surface area contributed by atoms with E-state index in [0.717, 1.165) is 76.3 Å². The Bertz CT molecular complexity index is 1320. The Hall–Kier alpha value is -3.08. The van der Waals surface area contributed by atoms with E-state index in [4.69, 9.17) is 9.47 Å². The SMILES string of the molecule is CCn1c(=O)c(C2NCCc3c2[nH]c2ccc(OCCN4CCOCC4)cc32)c(O)n(C)c1=O. The number of H-pyrrole nitrogens is 1. The summed E-state index contributed by atoms with van der Waals surface area (Å²) in [6.45, 7) is 7.47. The molecule has 0 amide bonds. The van der Waals surface area contributed by atoms with E-state index in [2.05, 4.69) is 15.2 Å². The molecule has 0 bridgehead atoms. The molecule has 182 valence electrons. The third-order valence-corrected chi connectivity index (χ3v) is 6.86. The van der Waals surface area contributed by atoms with Crippen molar-refractivity contribution in [3.05, 3.63) is 55.9 Å². The van der Waals surface area contributed by atoms with Gasteiger partial charge in [0.1, 0.15) is 17.9 Å². The summed E-state index contributed by atoms with van der Waals surface area (Å²) < 4.78 is 13.7. The molecule has 3 aromatic rings. The van der Waals surface area contributed by atoms with Gasteiger partial charge < -0.3 is 24.9 Å². The van der Waals surface area contributed by atoms with E-state index < -0.39 is 17.3 Å². The second kappa shape index (κ2) is 9.28. The number of fused-ring (bicyclic) bond motifs is 3. The van der Waals surface area contributed by atoms with Crippen molar-refractivity contribution in [1.29, 1.82) is 0 Å². The molecule has 2 aromatic heterocycles. The minimum atomic E-state index is -0.543. The van der Waals surface area contributed by atoms with Crippen LogP contribution in [0.1, 0.15) is 29.8 Å². The maximum atomic E-state index is 13.1. The third-order valence-electron chi connectivity index (χ3n) is 6.86. The highest BCUT2D eigenvalue weighted by Crippen LogP contribution is 2.36. The lowest BCUT2D eigenvalue weighted by atomic mass is 9.95. The Morgan fingerprint density at radius 3 is 2.79 bits per heavy atom. The fraction of sp³-hybridized carbons (Fsp3) is 0.500. The van der Waals surface area contributed by atoms with E-state index >= 15 is 0 Å². The Morgan fingerprint density at radius 2 is 2.03 bits per heavy atom. The number of nitrogens with one attached hydrogen (secondary N) is 2. The molecular formula is C24H31N5O5. The van der Waals surface area contributed by atoms with Crippen molar-refractivity contribution in [2.24, 2.45) is 7.05 Å². The van der Waals surface area contributed by atoms with Crippen molar-refractivity contribution in [3.8, 4) is 11.6 Å². The van der Waals surface area contributed by atoms with Crippen molar-refractivity contribution in [2.75, 3.05) is 46.0 Å². The fourth-order valence-corrected chi connectivity index (χ4v) is 4.97. The standard InChI is InChI=1S/C24H31N5O5/c1-3-29-23(31)19(22(30)27(2)24(29)32)21-20-16(6-7-25-21)17-14-15(4-5-18(17)26-20)34-13-10-28-8-11-33-12-9-28/h4-5,14,21,25-26,30H,3,6-13H2,1-2H3. The smallest absolute Gasteiger partial charge is 0.333 e. The van der Waals surface area contributed by atoms with Gasteiger partial charge in [-0.2, -0.15) is 0 Å². The molecule has 0 aliphatic carbocycles. The number of hydrogen-bond acceptors (Lipinski definition) is 7. The Morgan fingerprint density at radius 1 is 1.24 bits per heavy atom. The van der Waals surface area contributed by atoms with Crippen molar-refractivity contribution >= 4 is 10.9 Å². The third kappa shape index (κ3) is 3.91. The fourth-order valence-electron chi connectivity index (χ4n) is 4.97. The van der Waals surface area contributed by atoms with Crippen LogP contribution in [0.5, 0.6) is 11.6 Å². The predicted molar refractivity (Wildman–Crippen MR) is 128 cm³/mol. The van der Waals surface area contributed by atoms with Gasteiger partial charge in [0.05, 0.1) is 19.3 Å². The van der Waals surface area contributed by atoms with Crippen LogP contribution in [0, 0.1) is 0 Å². The highest BCUT2D eigenvalue weighted by atomic mass is 16.5. The second-order valence-electron chi connectivity index (χ2n) is 8.79. The molecule has 0 saturated carbocycles. The van der Waals surface area contributed by atoms with E-state index in [1.165, 1.54) is 7.05 Å². The molecule has 1 atom stereocenters. The monoisotopic (exact) mass is 469 g/mol. The molecule has 2 aliphatic rings. The largest absolute Gasteiger partial charge is 0.494 e. The molecular weight excluding hydrogens is 438 g/mol. The Labute approximate surface area is 196 Å². The number of aromatic hydroxyl groups is 1. The molecule has 0 radical (unpaired) electrons. The molecule has 1 fully saturated rings. The van der Waals surface area contributed by atoms with Gasteiger partial charge in [0.15, 0.2) is 0 Å². The van der Waals surface area contributed by atoms with Crippen LogP contribution in [0.3, 0.4) is 0 Å². The van der Waals surface area contributed by atoms with Crippen LogP contribution in [0.2, 0.25) is 0 Å². The molecule has 3 N–H and O–H groups in total. The lowest BCUT2D eigenvalue weighted by Gasteiger charge is -2.26. The Kier molecular flexibility index (Phi) is 6.20. The number of benzene rings is 1. The topological polar surface area (TPSA) is 114 Å². The molecule has 34 heavy (non-hydrogen) atoms. The van der Waals surface area contributed by atoms with E-state index in [-0.39, 0.29) is 18.0 Å². The number of morpholine rings is 1. The first-order chi connectivity index (χ1) is 16.5. The molecule has 1 aromatic carbocycles. The zero-order valence-corrected chi connectivity index (χ0v) is 19.6. The highest BCUT2D eigenvalue weighted by Gasteiger charge is 2.31. The molecule has 0 spiro atoms. The Balaban J connectivity index is 1.46. The molecule has 4 heterocycles. The van der Waals surface area contributed by atoms with Crippen molar-refractivity contribution in [3.63, 3.8) is 0 Å². The van der Waals surface area contributed by atoms with Gasteiger partial charge in [-0.3, -0.25) is 18.8 Å². The van der Waals surface area contributed by atoms with Crippen LogP contribution in [-0.4, -0.2) is 70.1 Å². The van der Waals surface area contributed by atoms with Gasteiger partial charge >= 0.3 is 5.69 Å². The zero-order valence-electron chi connectivity index (χ0n) is 19.6. The molecule has 5 rings (SSSR count). The van der Waals surface area contributed by atoms with Crippen LogP contribution in [0.4, 0.5) is 0 Å². The summed E-state index contributed by atoms with van der Waals surface area (Å²) in [4.78, 5) is 31.3. The van der Waals surface area contributed by atoms with Crippen molar-refractivity contribution in [2.45, 2.75) is 25.9 Å². The summed E-state index contributed by atoms with van der Waals surface area (Å²) in [5.74, 6) is 0.492. The summed E-state index contributed by atoms with van der Waals surface area (Å²) in [5.41, 5.74) is 2.05. The molecule has 10 nitrogen and oxygen atoms in total. The summed E-state index contributed by atoms with van der Waals surface area (Å²) in [7, 11) is 1.47. The molecule has 10 heteroatoms. The van der Waals surface area contributed by atoms with E-state index in [0.29, 0.717) is 13.2 Å². The first-order valence-electron chi connectivity index (χ1n) is 11.8. The summed E-state index contributed by atoms with van der Waals surface area (Å²) in [6, 6.07) is 5.43. The molecule has 1 unspecified atom stereocenters. The van der Waals surface area contributed by atoms with Gasteiger partial charge in [0.25, 0.3) is 5.56 Å². The normalized spacial score (nSPS) is 18.8. The van der Waals surface area contributed by atoms with E-state index in [1.807, 2.05) is 18.2 Å². The van der Waals surface area contributed by atoms with Crippen LogP contribution in [0.25, 0.3) is 10.9 Å². The minimum Gasteiger partial charge on any atom is -0.494 e. The lowest BCUT2D eigenvalue weighted by molar-refractivity contribution is 0.0322. The number of aromatic amines is 1. The molecule has 1 saturated heterocycles. The van der Waals surface area contributed by atoms with Gasteiger partial charge in [-0.15, -0.1) is 0 Å². The van der Waals surface area contributed by atoms with Crippen LogP contribution >= 0.6 is 0 Å². The molecule has 2 aliphatic heterocycles. The summed E-state index contributed by atoms with van der Waals surface area (Å²) in [5, 5.41) is 15.1. The van der Waals surface area contributed by atoms with Crippen LogP contribution in [0.15, 0.2) is 27.8 Å². The van der Waals surface area contributed by atoms with Crippen molar-refractivity contribution < 1.29 is 14.6 Å². The van der Waals surface area contributed by atoms with Crippen molar-refractivity contribution in [1.82, 2.24) is 24.3 Å². The first-order valence-corrected chi connectivity index (χ1v) is 11.8. The van der Waals surface area contributed by atoms with E-state index in [1.54, 1.807) is 6.92 Å². The van der Waals surface area contributed by atoms with Gasteiger partial charge in [-0.05, 0) is 37.1 Å². The predicted octanol–water partition coefficient (Wildman–Crippen LogP) is 0.700. The average Bonchev–Trinajstić information content (AvgIpc) is 3.23. The average molecular weight is 470 g/mol. The zero-order chi connectivity index (χ0) is 23.8. The quantitative estimate of drug-likeness (QED) is 0.487.